The molecule has 0 aromatic rings. The molecular weight excluding hydrogens is 198 g/mol. The van der Waals surface area contributed by atoms with E-state index in [2.05, 4.69) is 20.4 Å². The van der Waals surface area contributed by atoms with Gasteiger partial charge in [0.25, 0.3) is 0 Å². The summed E-state index contributed by atoms with van der Waals surface area (Å²) in [4.78, 5) is 0. The quantitative estimate of drug-likeness (QED) is 0.666. The fraction of sp³-hybridized carbons (Fsp3) is 0.800. The van der Waals surface area contributed by atoms with E-state index in [0.717, 1.165) is 6.42 Å². The van der Waals surface area contributed by atoms with Crippen LogP contribution in [0.1, 0.15) is 39.5 Å². The first-order chi connectivity index (χ1) is 6.38. The van der Waals surface area contributed by atoms with Gasteiger partial charge in [0.1, 0.15) is 0 Å². The molecule has 0 aliphatic carbocycles. The molecule has 0 aliphatic rings. The maximum absolute atomic E-state index is 11.2. The Labute approximate surface area is 87.4 Å². The lowest BCUT2D eigenvalue weighted by Crippen LogP contribution is -2.28. The van der Waals surface area contributed by atoms with E-state index < -0.39 is 15.3 Å². The van der Waals surface area contributed by atoms with Gasteiger partial charge in [0.15, 0.2) is 0 Å². The van der Waals surface area contributed by atoms with E-state index in [-0.39, 0.29) is 0 Å². The molecule has 0 spiro atoms. The summed E-state index contributed by atoms with van der Waals surface area (Å²) in [6.07, 6.45) is 4.59. The lowest BCUT2D eigenvalue weighted by atomic mass is 10.0. The fourth-order valence-corrected chi connectivity index (χ4v) is 2.23. The second-order valence-corrected chi connectivity index (χ2v) is 5.89. The highest BCUT2D eigenvalue weighted by Crippen LogP contribution is 2.16. The number of rotatable bonds is 7. The Morgan fingerprint density at radius 2 is 1.86 bits per heavy atom. The van der Waals surface area contributed by atoms with Crippen molar-refractivity contribution in [2.75, 3.05) is 0 Å². The van der Waals surface area contributed by atoms with Crippen molar-refractivity contribution in [3.05, 3.63) is 12.7 Å². The number of nitrogens with two attached hydrogens (primary N) is 1. The van der Waals surface area contributed by atoms with E-state index in [9.17, 15) is 8.42 Å². The molecule has 0 rings (SSSR count). The molecule has 4 heteroatoms. The van der Waals surface area contributed by atoms with Gasteiger partial charge in [-0.25, -0.2) is 13.6 Å². The number of primary sulfonamides is 1. The van der Waals surface area contributed by atoms with Crippen LogP contribution in [0.25, 0.3) is 0 Å². The van der Waals surface area contributed by atoms with Crippen molar-refractivity contribution < 1.29 is 8.42 Å². The fourth-order valence-electron chi connectivity index (χ4n) is 1.30. The van der Waals surface area contributed by atoms with Crippen LogP contribution in [0.2, 0.25) is 0 Å². The van der Waals surface area contributed by atoms with Gasteiger partial charge in [-0.15, -0.1) is 6.58 Å². The molecule has 0 aromatic heterocycles. The Bertz CT molecular complexity index is 257. The minimum Gasteiger partial charge on any atom is -0.228 e. The van der Waals surface area contributed by atoms with Crippen molar-refractivity contribution in [1.82, 2.24) is 0 Å². The van der Waals surface area contributed by atoms with Crippen LogP contribution < -0.4 is 5.14 Å². The van der Waals surface area contributed by atoms with Crippen LogP contribution in [0, 0.1) is 5.92 Å². The van der Waals surface area contributed by atoms with Crippen molar-refractivity contribution in [2.45, 2.75) is 44.8 Å². The summed E-state index contributed by atoms with van der Waals surface area (Å²) >= 11 is 0. The van der Waals surface area contributed by atoms with Crippen LogP contribution in [0.3, 0.4) is 0 Å². The molecule has 0 radical (unpaired) electrons. The molecule has 14 heavy (non-hydrogen) atoms. The van der Waals surface area contributed by atoms with Crippen molar-refractivity contribution in [3.8, 4) is 0 Å². The number of sulfonamides is 1. The predicted molar refractivity (Wildman–Crippen MR) is 60.4 cm³/mol. The smallest absolute Gasteiger partial charge is 0.211 e. The van der Waals surface area contributed by atoms with Gasteiger partial charge in [0.05, 0.1) is 5.25 Å². The molecule has 0 aliphatic heterocycles. The largest absolute Gasteiger partial charge is 0.228 e. The molecular formula is C10H21NO2S. The van der Waals surface area contributed by atoms with Gasteiger partial charge in [0, 0.05) is 0 Å². The average Bonchev–Trinajstić information content (AvgIpc) is 2.01. The van der Waals surface area contributed by atoms with E-state index in [1.165, 1.54) is 0 Å². The summed E-state index contributed by atoms with van der Waals surface area (Å²) in [7, 11) is -3.38. The molecule has 0 aromatic carbocycles. The highest BCUT2D eigenvalue weighted by molar-refractivity contribution is 7.89. The maximum Gasteiger partial charge on any atom is 0.211 e. The first-order valence-electron chi connectivity index (χ1n) is 5.00. The van der Waals surface area contributed by atoms with Crippen molar-refractivity contribution in [2.24, 2.45) is 11.1 Å². The monoisotopic (exact) mass is 219 g/mol. The second kappa shape index (κ2) is 6.19. The van der Waals surface area contributed by atoms with Crippen molar-refractivity contribution in [1.29, 1.82) is 0 Å². The van der Waals surface area contributed by atoms with Gasteiger partial charge in [-0.1, -0.05) is 19.9 Å². The molecule has 0 amide bonds. The Balaban J connectivity index is 4.19. The molecule has 0 bridgehead atoms. The third-order valence-corrected chi connectivity index (χ3v) is 3.62. The second-order valence-electron chi connectivity index (χ2n) is 4.05. The highest BCUT2D eigenvalue weighted by atomic mass is 32.2. The van der Waals surface area contributed by atoms with Crippen molar-refractivity contribution in [3.63, 3.8) is 0 Å². The molecule has 84 valence electrons. The lowest BCUT2D eigenvalue weighted by molar-refractivity contribution is 0.509. The summed E-state index contributed by atoms with van der Waals surface area (Å²) in [5.41, 5.74) is 0. The molecule has 1 atom stereocenters. The van der Waals surface area contributed by atoms with E-state index in [0.29, 0.717) is 25.2 Å². The highest BCUT2D eigenvalue weighted by Gasteiger charge is 2.20. The predicted octanol–water partition coefficient (Wildman–Crippen LogP) is 2.05. The Hall–Kier alpha value is -0.350. The third kappa shape index (κ3) is 6.16. The van der Waals surface area contributed by atoms with Crippen LogP contribution in [0.15, 0.2) is 12.7 Å². The summed E-state index contributed by atoms with van der Waals surface area (Å²) in [6, 6.07) is 0. The van der Waals surface area contributed by atoms with E-state index >= 15 is 0 Å². The minimum atomic E-state index is -3.38. The zero-order valence-corrected chi connectivity index (χ0v) is 9.89. The lowest BCUT2D eigenvalue weighted by Gasteiger charge is -2.14. The number of allylic oxidation sites excluding steroid dienone is 1. The van der Waals surface area contributed by atoms with E-state index in [1.54, 1.807) is 6.08 Å². The Morgan fingerprint density at radius 1 is 1.29 bits per heavy atom. The Kier molecular flexibility index (Phi) is 6.04. The van der Waals surface area contributed by atoms with Gasteiger partial charge in [-0.3, -0.25) is 0 Å². The minimum absolute atomic E-state index is 0.400. The molecule has 0 heterocycles. The standard InChI is InChI=1S/C10H21NO2S/c1-4-5-6-10(14(11,12)13)8-7-9(2)3/h4,9-10H,1,5-8H2,2-3H3,(H2,11,12,13). The first-order valence-corrected chi connectivity index (χ1v) is 6.61. The van der Waals surface area contributed by atoms with Gasteiger partial charge in [-0.2, -0.15) is 0 Å². The summed E-state index contributed by atoms with van der Waals surface area (Å²) in [5, 5.41) is 4.74. The molecule has 0 saturated heterocycles. The van der Waals surface area contributed by atoms with Gasteiger partial charge in [-0.05, 0) is 31.6 Å². The van der Waals surface area contributed by atoms with Crippen LogP contribution >= 0.6 is 0 Å². The van der Waals surface area contributed by atoms with Gasteiger partial charge < -0.3 is 0 Å². The number of hydrogen-bond donors (Lipinski definition) is 1. The van der Waals surface area contributed by atoms with Crippen LogP contribution in [-0.4, -0.2) is 13.7 Å². The summed E-state index contributed by atoms with van der Waals surface area (Å²) in [6.45, 7) is 7.73. The van der Waals surface area contributed by atoms with Crippen LogP contribution in [0.4, 0.5) is 0 Å². The van der Waals surface area contributed by atoms with Crippen LogP contribution in [-0.2, 0) is 10.0 Å². The Morgan fingerprint density at radius 3 is 2.21 bits per heavy atom. The zero-order valence-electron chi connectivity index (χ0n) is 9.07. The molecule has 0 fully saturated rings. The van der Waals surface area contributed by atoms with E-state index in [4.69, 9.17) is 5.14 Å². The van der Waals surface area contributed by atoms with Crippen molar-refractivity contribution >= 4 is 10.0 Å². The third-order valence-electron chi connectivity index (χ3n) is 2.22. The van der Waals surface area contributed by atoms with Crippen LogP contribution in [0.5, 0.6) is 0 Å². The topological polar surface area (TPSA) is 60.2 Å². The summed E-state index contributed by atoms with van der Waals surface area (Å²) in [5.74, 6) is 0.517. The zero-order chi connectivity index (χ0) is 11.2. The number of hydrogen-bond acceptors (Lipinski definition) is 2. The summed E-state index contributed by atoms with van der Waals surface area (Å²) < 4.78 is 22.4. The molecule has 1 unspecified atom stereocenters. The first kappa shape index (κ1) is 13.7. The average molecular weight is 219 g/mol. The SMILES string of the molecule is C=CCCC(CCC(C)C)S(N)(=O)=O. The van der Waals surface area contributed by atoms with E-state index in [1.807, 2.05) is 0 Å². The maximum atomic E-state index is 11.2. The molecule has 0 saturated carbocycles. The molecule has 3 nitrogen and oxygen atoms in total. The molecule has 2 N–H and O–H groups in total. The van der Waals surface area contributed by atoms with Gasteiger partial charge >= 0.3 is 0 Å². The normalized spacial score (nSPS) is 14.3. The van der Waals surface area contributed by atoms with Gasteiger partial charge in [0.2, 0.25) is 10.0 Å².